The fourth-order valence-corrected chi connectivity index (χ4v) is 9.13. The number of carbonyl (C=O) groups is 1. The van der Waals surface area contributed by atoms with Gasteiger partial charge in [-0.2, -0.15) is 0 Å². The second kappa shape index (κ2) is 14.1. The molecule has 5 heteroatoms. The van der Waals surface area contributed by atoms with Gasteiger partial charge < -0.3 is 14.2 Å². The molecule has 4 nitrogen and oxygen atoms in total. The maximum absolute atomic E-state index is 13.2. The van der Waals surface area contributed by atoms with Crippen molar-refractivity contribution < 1.29 is 19.0 Å². The zero-order valence-electron chi connectivity index (χ0n) is 25.1. The van der Waals surface area contributed by atoms with Crippen LogP contribution in [0.3, 0.4) is 0 Å². The summed E-state index contributed by atoms with van der Waals surface area (Å²) in [7, 11) is 3.68. The first-order valence-corrected chi connectivity index (χ1v) is 16.6. The van der Waals surface area contributed by atoms with E-state index < -0.39 is 0 Å². The number of ether oxygens (including phenoxy) is 3. The molecule has 0 N–H and O–H groups in total. The van der Waals surface area contributed by atoms with Gasteiger partial charge in [0.25, 0.3) is 0 Å². The van der Waals surface area contributed by atoms with E-state index >= 15 is 0 Å². The average molecular weight is 553 g/mol. The second-order valence-electron chi connectivity index (χ2n) is 14.3. The minimum atomic E-state index is 0.282. The van der Waals surface area contributed by atoms with Gasteiger partial charge in [0.15, 0.2) is 0 Å². The molecule has 0 radical (unpaired) electrons. The number of carbonyl (C=O) groups excluding carboxylic acids is 1. The molecule has 0 aromatic rings. The Morgan fingerprint density at radius 1 is 0.763 bits per heavy atom. The van der Waals surface area contributed by atoms with Crippen LogP contribution in [0, 0.1) is 46.8 Å². The summed E-state index contributed by atoms with van der Waals surface area (Å²) < 4.78 is 18.3. The van der Waals surface area contributed by atoms with Crippen LogP contribution in [0.4, 0.5) is 0 Å². The zero-order chi connectivity index (χ0) is 27.3. The molecule has 4 rings (SSSR count). The van der Waals surface area contributed by atoms with Gasteiger partial charge in [-0.25, -0.2) is 0 Å². The third-order valence-corrected chi connectivity index (χ3v) is 12.1. The molecule has 4 aliphatic rings. The Bertz CT molecular complexity index is 725. The van der Waals surface area contributed by atoms with Crippen molar-refractivity contribution in [3.05, 3.63) is 0 Å². The largest absolute Gasteiger partial charge is 0.384 e. The maximum atomic E-state index is 13.2. The van der Waals surface area contributed by atoms with Crippen LogP contribution < -0.4 is 0 Å². The molecule has 0 aromatic carbocycles. The summed E-state index contributed by atoms with van der Waals surface area (Å²) in [6.07, 6.45) is 16.9. The molecule has 4 fully saturated rings. The molecule has 4 aliphatic carbocycles. The molecule has 4 saturated carbocycles. The van der Waals surface area contributed by atoms with Gasteiger partial charge in [-0.15, -0.1) is 11.6 Å². The summed E-state index contributed by atoms with van der Waals surface area (Å²) in [6, 6.07) is 0. The molecule has 0 spiro atoms. The predicted octanol–water partition coefficient (Wildman–Crippen LogP) is 8.08. The summed E-state index contributed by atoms with van der Waals surface area (Å²) in [5, 5.41) is 0. The van der Waals surface area contributed by atoms with Crippen LogP contribution in [0.1, 0.15) is 111 Å². The van der Waals surface area contributed by atoms with Crippen LogP contribution in [0.25, 0.3) is 0 Å². The molecule has 0 amide bonds. The van der Waals surface area contributed by atoms with E-state index in [1.54, 1.807) is 0 Å². The van der Waals surface area contributed by atoms with E-state index in [4.69, 9.17) is 25.8 Å². The third kappa shape index (κ3) is 7.37. The van der Waals surface area contributed by atoms with Crippen LogP contribution in [-0.2, 0) is 19.0 Å². The van der Waals surface area contributed by atoms with Crippen molar-refractivity contribution in [3.8, 4) is 0 Å². The summed E-state index contributed by atoms with van der Waals surface area (Å²) in [5.41, 5.74) is 0.287. The van der Waals surface area contributed by atoms with Crippen LogP contribution in [0.5, 0.6) is 0 Å². The molecule has 220 valence electrons. The number of Topliss-reactive ketones (excluding diaryl/α,β-unsaturated/α-hetero) is 1. The number of ketones is 1. The Labute approximate surface area is 238 Å². The quantitative estimate of drug-likeness (QED) is 0.257. The number of hydrogen-bond donors (Lipinski definition) is 0. The first-order valence-electron chi connectivity index (χ1n) is 16.0. The van der Waals surface area contributed by atoms with Crippen molar-refractivity contribution in [2.24, 2.45) is 46.8 Å². The standard InChI is InChI=1S/C33H57ClO4/c1-22-6-8-23(9-7-22)32(35)24-10-14-29(15-11-24)38-31-17-13-28(19-26(31)21-36-4)33(2,3)27-12-16-30(37-5)25(18-27)20-34/h22-31H,6-21H2,1-5H3. The number of hydrogen-bond acceptors (Lipinski definition) is 4. The van der Waals surface area contributed by atoms with Gasteiger partial charge in [0.1, 0.15) is 5.78 Å². The lowest BCUT2D eigenvalue weighted by Crippen LogP contribution is -2.45. The van der Waals surface area contributed by atoms with E-state index in [2.05, 4.69) is 20.8 Å². The van der Waals surface area contributed by atoms with Crippen LogP contribution in [0.15, 0.2) is 0 Å². The van der Waals surface area contributed by atoms with Gasteiger partial charge in [0.2, 0.25) is 0 Å². The van der Waals surface area contributed by atoms with Crippen molar-refractivity contribution in [3.63, 3.8) is 0 Å². The molecule has 0 aromatic heterocycles. The summed E-state index contributed by atoms with van der Waals surface area (Å²) in [4.78, 5) is 13.2. The average Bonchev–Trinajstić information content (AvgIpc) is 2.94. The molecule has 38 heavy (non-hydrogen) atoms. The van der Waals surface area contributed by atoms with Gasteiger partial charge in [-0.05, 0) is 106 Å². The lowest BCUT2D eigenvalue weighted by Gasteiger charge is -2.50. The van der Waals surface area contributed by atoms with Gasteiger partial charge in [-0.1, -0.05) is 33.6 Å². The molecule has 6 unspecified atom stereocenters. The van der Waals surface area contributed by atoms with E-state index in [0.29, 0.717) is 59.6 Å². The Morgan fingerprint density at radius 3 is 1.87 bits per heavy atom. The summed E-state index contributed by atoms with van der Waals surface area (Å²) in [6.45, 7) is 8.14. The topological polar surface area (TPSA) is 44.8 Å². The highest BCUT2D eigenvalue weighted by Crippen LogP contribution is 2.51. The van der Waals surface area contributed by atoms with E-state index in [0.717, 1.165) is 63.9 Å². The van der Waals surface area contributed by atoms with Gasteiger partial charge in [0, 0.05) is 37.9 Å². The highest BCUT2D eigenvalue weighted by atomic mass is 35.5. The molecule has 0 bridgehead atoms. The maximum Gasteiger partial charge on any atom is 0.139 e. The normalized spacial score (nSPS) is 41.1. The molecular weight excluding hydrogens is 496 g/mol. The minimum Gasteiger partial charge on any atom is -0.384 e. The summed E-state index contributed by atoms with van der Waals surface area (Å²) >= 11 is 6.37. The highest BCUT2D eigenvalue weighted by molar-refractivity contribution is 6.18. The Kier molecular flexibility index (Phi) is 11.5. The fourth-order valence-electron chi connectivity index (χ4n) is 8.81. The molecule has 0 aliphatic heterocycles. The summed E-state index contributed by atoms with van der Waals surface area (Å²) in [5.74, 6) is 5.01. The van der Waals surface area contributed by atoms with Crippen molar-refractivity contribution in [2.75, 3.05) is 26.7 Å². The predicted molar refractivity (Wildman–Crippen MR) is 156 cm³/mol. The monoisotopic (exact) mass is 552 g/mol. The smallest absolute Gasteiger partial charge is 0.139 e. The zero-order valence-corrected chi connectivity index (χ0v) is 25.9. The van der Waals surface area contributed by atoms with Crippen molar-refractivity contribution >= 4 is 17.4 Å². The van der Waals surface area contributed by atoms with Gasteiger partial charge >= 0.3 is 0 Å². The second-order valence-corrected chi connectivity index (χ2v) is 14.6. The highest BCUT2D eigenvalue weighted by Gasteiger charge is 2.45. The van der Waals surface area contributed by atoms with E-state index in [1.807, 2.05) is 14.2 Å². The molecule has 6 atom stereocenters. The van der Waals surface area contributed by atoms with Crippen molar-refractivity contribution in [2.45, 2.75) is 129 Å². The molecule has 0 heterocycles. The fraction of sp³-hybridized carbons (Fsp3) is 0.970. The lowest BCUT2D eigenvalue weighted by molar-refractivity contribution is -0.133. The van der Waals surface area contributed by atoms with E-state index in [1.165, 1.54) is 38.5 Å². The third-order valence-electron chi connectivity index (χ3n) is 11.7. The Morgan fingerprint density at radius 2 is 1.32 bits per heavy atom. The number of alkyl halides is 1. The van der Waals surface area contributed by atoms with Crippen molar-refractivity contribution in [1.29, 1.82) is 0 Å². The SMILES string of the molecule is COCC1CC(C(C)(C)C2CCC(OC)C(CCl)C2)CCC1OC1CCC(C(=O)C2CCC(C)CC2)CC1. The van der Waals surface area contributed by atoms with E-state index in [-0.39, 0.29) is 11.3 Å². The number of rotatable bonds is 10. The van der Waals surface area contributed by atoms with Crippen LogP contribution >= 0.6 is 11.6 Å². The van der Waals surface area contributed by atoms with Crippen LogP contribution in [0.2, 0.25) is 0 Å². The number of halogens is 1. The number of methoxy groups -OCH3 is 2. The van der Waals surface area contributed by atoms with Crippen LogP contribution in [-0.4, -0.2) is 50.8 Å². The minimum absolute atomic E-state index is 0.282. The van der Waals surface area contributed by atoms with Gasteiger partial charge in [0.05, 0.1) is 24.9 Å². The van der Waals surface area contributed by atoms with E-state index in [9.17, 15) is 4.79 Å². The first-order chi connectivity index (χ1) is 18.3. The Balaban J connectivity index is 1.28. The lowest BCUT2D eigenvalue weighted by atomic mass is 9.58. The molecule has 0 saturated heterocycles. The molecular formula is C33H57ClO4. The first kappa shape index (κ1) is 30.8. The Hall–Kier alpha value is -0.160. The van der Waals surface area contributed by atoms with Gasteiger partial charge in [-0.3, -0.25) is 4.79 Å². The van der Waals surface area contributed by atoms with Crippen molar-refractivity contribution in [1.82, 2.24) is 0 Å².